The van der Waals surface area contributed by atoms with Crippen molar-refractivity contribution in [3.63, 3.8) is 0 Å². The van der Waals surface area contributed by atoms with E-state index in [0.29, 0.717) is 30.3 Å². The molecule has 148 valence electrons. The van der Waals surface area contributed by atoms with Crippen LogP contribution < -0.4 is 19.7 Å². The van der Waals surface area contributed by atoms with Crippen LogP contribution in [0.3, 0.4) is 0 Å². The zero-order chi connectivity index (χ0) is 20.1. The van der Waals surface area contributed by atoms with Crippen molar-refractivity contribution in [2.45, 2.75) is 4.90 Å². The molecule has 0 unspecified atom stereocenters. The summed E-state index contributed by atoms with van der Waals surface area (Å²) in [6.07, 6.45) is 1.95. The van der Waals surface area contributed by atoms with E-state index in [2.05, 4.69) is 5.32 Å². The smallest absolute Gasteiger partial charge is 0.325 e. The Bertz CT molecular complexity index is 874. The number of carbonyl (C=O) groups excluding carboxylic acids is 2. The lowest BCUT2D eigenvalue weighted by Crippen LogP contribution is -2.37. The summed E-state index contributed by atoms with van der Waals surface area (Å²) < 4.78 is 10.6. The van der Waals surface area contributed by atoms with Gasteiger partial charge in [-0.05, 0) is 30.5 Å². The first-order valence-electron chi connectivity index (χ1n) is 8.78. The molecule has 2 aromatic rings. The minimum absolute atomic E-state index is 0.00959. The second-order valence-corrected chi connectivity index (χ2v) is 6.99. The van der Waals surface area contributed by atoms with Crippen molar-refractivity contribution < 1.29 is 19.1 Å². The summed E-state index contributed by atoms with van der Waals surface area (Å²) in [5.74, 6) is 0.983. The van der Waals surface area contributed by atoms with Crippen LogP contribution in [-0.2, 0) is 4.79 Å². The van der Waals surface area contributed by atoms with Gasteiger partial charge in [0.15, 0.2) is 0 Å². The average molecular weight is 401 g/mol. The topological polar surface area (TPSA) is 71.1 Å². The van der Waals surface area contributed by atoms with E-state index in [4.69, 9.17) is 9.47 Å². The maximum atomic E-state index is 12.9. The van der Waals surface area contributed by atoms with Crippen LogP contribution in [0.5, 0.6) is 11.5 Å². The van der Waals surface area contributed by atoms with Gasteiger partial charge in [-0.3, -0.25) is 9.69 Å². The largest absolute Gasteiger partial charge is 0.497 e. The summed E-state index contributed by atoms with van der Waals surface area (Å²) in [6, 6.07) is 12.6. The molecule has 0 aromatic heterocycles. The number of carbonyl (C=O) groups is 2. The first kappa shape index (κ1) is 19.9. The number of thioether (sulfide) groups is 1. The molecule has 3 amide bonds. The average Bonchev–Trinajstić information content (AvgIpc) is 3.07. The summed E-state index contributed by atoms with van der Waals surface area (Å²) in [7, 11) is 3.13. The van der Waals surface area contributed by atoms with Crippen LogP contribution in [0.15, 0.2) is 47.4 Å². The SMILES string of the molecule is COc1ccc(OC)c(N2CCN(CC(=O)Nc3ccccc3SC)C2=O)c1. The molecule has 1 saturated heterocycles. The first-order valence-corrected chi connectivity index (χ1v) is 10.0. The van der Waals surface area contributed by atoms with Gasteiger partial charge in [0.05, 0.1) is 25.6 Å². The number of benzene rings is 2. The number of hydrogen-bond acceptors (Lipinski definition) is 5. The number of ether oxygens (including phenoxy) is 2. The van der Waals surface area contributed by atoms with E-state index in [1.165, 1.54) is 4.90 Å². The lowest BCUT2D eigenvalue weighted by atomic mass is 10.2. The van der Waals surface area contributed by atoms with Gasteiger partial charge in [0, 0.05) is 24.1 Å². The molecule has 1 heterocycles. The summed E-state index contributed by atoms with van der Waals surface area (Å²) in [4.78, 5) is 29.4. The number of methoxy groups -OCH3 is 2. The highest BCUT2D eigenvalue weighted by Crippen LogP contribution is 2.34. The van der Waals surface area contributed by atoms with Gasteiger partial charge in [0.2, 0.25) is 5.91 Å². The molecule has 8 heteroatoms. The molecular formula is C20H23N3O4S. The van der Waals surface area contributed by atoms with E-state index in [1.807, 2.05) is 30.5 Å². The number of rotatable bonds is 7. The summed E-state index contributed by atoms with van der Waals surface area (Å²) in [6.45, 7) is 0.915. The Hall–Kier alpha value is -2.87. The summed E-state index contributed by atoms with van der Waals surface area (Å²) >= 11 is 1.56. The molecule has 1 aliphatic heterocycles. The minimum Gasteiger partial charge on any atom is -0.497 e. The predicted octanol–water partition coefficient (Wildman–Crippen LogP) is 3.31. The van der Waals surface area contributed by atoms with Crippen LogP contribution in [0.2, 0.25) is 0 Å². The number of amides is 3. The second kappa shape index (κ2) is 8.88. The number of anilines is 2. The van der Waals surface area contributed by atoms with Crippen molar-refractivity contribution in [3.05, 3.63) is 42.5 Å². The number of urea groups is 1. The van der Waals surface area contributed by atoms with Crippen LogP contribution in [0, 0.1) is 0 Å². The Morgan fingerprint density at radius 2 is 1.93 bits per heavy atom. The van der Waals surface area contributed by atoms with Gasteiger partial charge in [-0.2, -0.15) is 0 Å². The van der Waals surface area contributed by atoms with Crippen molar-refractivity contribution in [2.24, 2.45) is 0 Å². The normalized spacial score (nSPS) is 13.6. The van der Waals surface area contributed by atoms with Crippen LogP contribution in [0.1, 0.15) is 0 Å². The zero-order valence-corrected chi connectivity index (χ0v) is 16.9. The number of para-hydroxylation sites is 1. The van der Waals surface area contributed by atoms with Gasteiger partial charge in [-0.15, -0.1) is 11.8 Å². The van der Waals surface area contributed by atoms with E-state index in [-0.39, 0.29) is 18.5 Å². The standard InChI is InChI=1S/C20H23N3O4S/c1-26-14-8-9-17(27-2)16(12-14)23-11-10-22(20(23)25)13-19(24)21-15-6-4-5-7-18(15)28-3/h4-9,12H,10-11,13H2,1-3H3,(H,21,24). The third-order valence-corrected chi connectivity index (χ3v) is 5.28. The van der Waals surface area contributed by atoms with Crippen LogP contribution in [-0.4, -0.2) is 56.9 Å². The van der Waals surface area contributed by atoms with E-state index < -0.39 is 0 Å². The maximum Gasteiger partial charge on any atom is 0.325 e. The first-order chi connectivity index (χ1) is 13.6. The molecule has 0 saturated carbocycles. The molecule has 0 aliphatic carbocycles. The van der Waals surface area contributed by atoms with Crippen LogP contribution in [0.25, 0.3) is 0 Å². The Morgan fingerprint density at radius 1 is 1.14 bits per heavy atom. The quantitative estimate of drug-likeness (QED) is 0.721. The molecule has 1 N–H and O–H groups in total. The fourth-order valence-electron chi connectivity index (χ4n) is 3.07. The van der Waals surface area contributed by atoms with Crippen molar-refractivity contribution in [3.8, 4) is 11.5 Å². The Morgan fingerprint density at radius 3 is 2.64 bits per heavy atom. The van der Waals surface area contributed by atoms with Gasteiger partial charge >= 0.3 is 6.03 Å². The molecule has 28 heavy (non-hydrogen) atoms. The van der Waals surface area contributed by atoms with E-state index in [0.717, 1.165) is 10.6 Å². The highest BCUT2D eigenvalue weighted by atomic mass is 32.2. The fourth-order valence-corrected chi connectivity index (χ4v) is 3.63. The molecule has 7 nitrogen and oxygen atoms in total. The predicted molar refractivity (Wildman–Crippen MR) is 111 cm³/mol. The highest BCUT2D eigenvalue weighted by molar-refractivity contribution is 7.98. The maximum absolute atomic E-state index is 12.9. The molecule has 0 radical (unpaired) electrons. The third kappa shape index (κ3) is 4.17. The minimum atomic E-state index is -0.236. The molecule has 2 aromatic carbocycles. The van der Waals surface area contributed by atoms with E-state index in [9.17, 15) is 9.59 Å². The Balaban J connectivity index is 1.70. The molecular weight excluding hydrogens is 378 g/mol. The van der Waals surface area contributed by atoms with E-state index in [1.54, 1.807) is 49.1 Å². The van der Waals surface area contributed by atoms with Crippen molar-refractivity contribution in [2.75, 3.05) is 50.3 Å². The van der Waals surface area contributed by atoms with Crippen LogP contribution >= 0.6 is 11.8 Å². The Labute approximate surface area is 168 Å². The van der Waals surface area contributed by atoms with Crippen molar-refractivity contribution >= 4 is 35.1 Å². The number of hydrogen-bond donors (Lipinski definition) is 1. The van der Waals surface area contributed by atoms with Crippen LogP contribution in [0.4, 0.5) is 16.2 Å². The Kier molecular flexibility index (Phi) is 6.30. The molecule has 1 fully saturated rings. The van der Waals surface area contributed by atoms with Gasteiger partial charge in [0.1, 0.15) is 18.0 Å². The molecule has 0 spiro atoms. The van der Waals surface area contributed by atoms with Gasteiger partial charge in [0.25, 0.3) is 0 Å². The zero-order valence-electron chi connectivity index (χ0n) is 16.1. The van der Waals surface area contributed by atoms with Gasteiger partial charge in [-0.25, -0.2) is 4.79 Å². The second-order valence-electron chi connectivity index (χ2n) is 6.14. The fraction of sp³-hybridized carbons (Fsp3) is 0.300. The molecule has 3 rings (SSSR count). The number of nitrogens with one attached hydrogen (secondary N) is 1. The third-order valence-electron chi connectivity index (χ3n) is 4.49. The van der Waals surface area contributed by atoms with Crippen molar-refractivity contribution in [1.82, 2.24) is 4.90 Å². The summed E-state index contributed by atoms with van der Waals surface area (Å²) in [5, 5.41) is 2.89. The van der Waals surface area contributed by atoms with Gasteiger partial charge in [-0.1, -0.05) is 12.1 Å². The van der Waals surface area contributed by atoms with E-state index >= 15 is 0 Å². The molecule has 1 aliphatic rings. The summed E-state index contributed by atoms with van der Waals surface area (Å²) in [5.41, 5.74) is 1.38. The monoisotopic (exact) mass is 401 g/mol. The van der Waals surface area contributed by atoms with Gasteiger partial charge < -0.3 is 19.7 Å². The number of nitrogens with zero attached hydrogens (tertiary/aromatic N) is 2. The molecule has 0 atom stereocenters. The molecule has 0 bridgehead atoms. The lowest BCUT2D eigenvalue weighted by Gasteiger charge is -2.21. The van der Waals surface area contributed by atoms with Crippen molar-refractivity contribution in [1.29, 1.82) is 0 Å². The highest BCUT2D eigenvalue weighted by Gasteiger charge is 2.32. The lowest BCUT2D eigenvalue weighted by molar-refractivity contribution is -0.116.